The molecule has 2 heterocycles. The van der Waals surface area contributed by atoms with Crippen LogP contribution in [0.15, 0.2) is 36.5 Å². The molecule has 1 aliphatic rings. The molecule has 0 atom stereocenters. The van der Waals surface area contributed by atoms with Crippen LogP contribution >= 0.6 is 11.6 Å². The van der Waals surface area contributed by atoms with Crippen LogP contribution in [0.2, 0.25) is 5.28 Å². The molecule has 102 valence electrons. The summed E-state index contributed by atoms with van der Waals surface area (Å²) in [5.74, 6) is 0.577. The maximum atomic E-state index is 12.6. The second kappa shape index (κ2) is 5.09. The van der Waals surface area contributed by atoms with Crippen LogP contribution in [0.3, 0.4) is 0 Å². The van der Waals surface area contributed by atoms with Crippen molar-refractivity contribution in [3.8, 4) is 0 Å². The summed E-state index contributed by atoms with van der Waals surface area (Å²) in [6.07, 6.45) is 2.38. The Morgan fingerprint density at radius 2 is 2.00 bits per heavy atom. The monoisotopic (exact) mass is 288 g/mol. The molecule has 0 radical (unpaired) electrons. The minimum absolute atomic E-state index is 0.121. The van der Waals surface area contributed by atoms with Crippen LogP contribution in [0, 0.1) is 0 Å². The lowest BCUT2D eigenvalue weighted by molar-refractivity contribution is 0.253. The zero-order valence-corrected chi connectivity index (χ0v) is 11.7. The van der Waals surface area contributed by atoms with E-state index in [9.17, 15) is 4.79 Å². The molecule has 5 nitrogen and oxygen atoms in total. The summed E-state index contributed by atoms with van der Waals surface area (Å²) in [6.45, 7) is 0.588. The van der Waals surface area contributed by atoms with Gasteiger partial charge >= 0.3 is 6.03 Å². The van der Waals surface area contributed by atoms with Gasteiger partial charge in [0.25, 0.3) is 0 Å². The fourth-order valence-corrected chi connectivity index (χ4v) is 2.42. The number of hydrogen-bond acceptors (Lipinski definition) is 3. The first kappa shape index (κ1) is 12.9. The van der Waals surface area contributed by atoms with Crippen LogP contribution < -0.4 is 9.80 Å². The van der Waals surface area contributed by atoms with Crippen LogP contribution in [0.1, 0.15) is 5.56 Å². The first-order valence-corrected chi connectivity index (χ1v) is 6.66. The molecule has 2 aromatic rings. The third kappa shape index (κ3) is 2.20. The predicted octanol–water partition coefficient (Wildman–Crippen LogP) is 2.75. The van der Waals surface area contributed by atoms with Crippen LogP contribution in [0.5, 0.6) is 0 Å². The number of halogens is 1. The smallest absolute Gasteiger partial charge is 0.294 e. The first-order chi connectivity index (χ1) is 9.66. The van der Waals surface area contributed by atoms with Gasteiger partial charge in [-0.3, -0.25) is 9.80 Å². The number of fused-ring (bicyclic) bond motifs is 1. The number of rotatable bonds is 1. The van der Waals surface area contributed by atoms with Crippen molar-refractivity contribution in [1.82, 2.24) is 9.97 Å². The largest absolute Gasteiger partial charge is 0.329 e. The number of urea groups is 1. The summed E-state index contributed by atoms with van der Waals surface area (Å²) in [4.78, 5) is 24.0. The van der Waals surface area contributed by atoms with Crippen molar-refractivity contribution in [1.29, 1.82) is 0 Å². The lowest BCUT2D eigenvalue weighted by Crippen LogP contribution is -2.40. The Bertz CT molecular complexity index is 647. The minimum atomic E-state index is -0.121. The third-order valence-corrected chi connectivity index (χ3v) is 3.50. The first-order valence-electron chi connectivity index (χ1n) is 6.28. The Morgan fingerprint density at radius 3 is 2.75 bits per heavy atom. The van der Waals surface area contributed by atoms with Gasteiger partial charge in [0.2, 0.25) is 5.28 Å². The molecule has 1 aromatic heterocycles. The summed E-state index contributed by atoms with van der Waals surface area (Å²) >= 11 is 5.82. The fraction of sp³-hybridized carbons (Fsp3) is 0.214. The number of carbonyl (C=O) groups excluding carboxylic acids is 1. The molecule has 0 aliphatic carbocycles. The molecule has 20 heavy (non-hydrogen) atoms. The van der Waals surface area contributed by atoms with Crippen molar-refractivity contribution in [3.05, 3.63) is 47.4 Å². The summed E-state index contributed by atoms with van der Waals surface area (Å²) in [5.41, 5.74) is 1.79. The number of carbonyl (C=O) groups is 1. The summed E-state index contributed by atoms with van der Waals surface area (Å²) < 4.78 is 0. The lowest BCUT2D eigenvalue weighted by atomic mass is 10.2. The molecule has 1 aliphatic heterocycles. The molecule has 0 fully saturated rings. The molecule has 2 amide bonds. The molecule has 0 N–H and O–H groups in total. The number of amides is 2. The van der Waals surface area contributed by atoms with Gasteiger partial charge in [0.05, 0.1) is 0 Å². The van der Waals surface area contributed by atoms with Crippen molar-refractivity contribution in [2.24, 2.45) is 0 Å². The Hall–Kier alpha value is -2.14. The van der Waals surface area contributed by atoms with Gasteiger partial charge < -0.3 is 0 Å². The molecule has 0 bridgehead atoms. The van der Waals surface area contributed by atoms with Crippen molar-refractivity contribution >= 4 is 29.1 Å². The SMILES string of the molecule is CN1C(=O)N(c2ccccc2)CCc2cnc(Cl)nc21. The van der Waals surface area contributed by atoms with Gasteiger partial charge in [0.15, 0.2) is 0 Å². The highest BCUT2D eigenvalue weighted by Crippen LogP contribution is 2.26. The normalized spacial score (nSPS) is 15.0. The van der Waals surface area contributed by atoms with E-state index in [2.05, 4.69) is 9.97 Å². The van der Waals surface area contributed by atoms with E-state index in [4.69, 9.17) is 11.6 Å². The molecule has 0 saturated heterocycles. The number of nitrogens with zero attached hydrogens (tertiary/aromatic N) is 4. The van der Waals surface area contributed by atoms with Crippen LogP contribution in [0.4, 0.5) is 16.3 Å². The molecule has 0 unspecified atom stereocenters. The Morgan fingerprint density at radius 1 is 1.25 bits per heavy atom. The van der Waals surface area contributed by atoms with E-state index in [1.807, 2.05) is 30.3 Å². The van der Waals surface area contributed by atoms with E-state index in [-0.39, 0.29) is 11.3 Å². The molecule has 6 heteroatoms. The van der Waals surface area contributed by atoms with Gasteiger partial charge in [0.1, 0.15) is 5.82 Å². The zero-order valence-electron chi connectivity index (χ0n) is 11.0. The Kier molecular flexibility index (Phi) is 3.28. The van der Waals surface area contributed by atoms with E-state index >= 15 is 0 Å². The van der Waals surface area contributed by atoms with Gasteiger partial charge in [-0.15, -0.1) is 0 Å². The van der Waals surface area contributed by atoms with E-state index in [0.717, 1.165) is 11.3 Å². The number of hydrogen-bond donors (Lipinski definition) is 0. The minimum Gasteiger partial charge on any atom is -0.294 e. The Labute approximate surface area is 121 Å². The zero-order chi connectivity index (χ0) is 14.1. The molecular formula is C14H13ClN4O. The van der Waals surface area contributed by atoms with Gasteiger partial charge in [0, 0.05) is 31.0 Å². The van der Waals surface area contributed by atoms with Crippen LogP contribution in [0.25, 0.3) is 0 Å². The van der Waals surface area contributed by atoms with Gasteiger partial charge in [-0.05, 0) is 30.2 Å². The molecular weight excluding hydrogens is 276 g/mol. The van der Waals surface area contributed by atoms with Gasteiger partial charge in [-0.1, -0.05) is 18.2 Å². The Balaban J connectivity index is 2.00. The second-order valence-corrected chi connectivity index (χ2v) is 4.90. The molecule has 0 spiro atoms. The highest BCUT2D eigenvalue weighted by Gasteiger charge is 2.27. The third-order valence-electron chi connectivity index (χ3n) is 3.32. The van der Waals surface area contributed by atoms with Crippen LogP contribution in [-0.2, 0) is 6.42 Å². The van der Waals surface area contributed by atoms with Crippen LogP contribution in [-0.4, -0.2) is 29.6 Å². The maximum absolute atomic E-state index is 12.6. The average molecular weight is 289 g/mol. The number of para-hydroxylation sites is 1. The maximum Gasteiger partial charge on any atom is 0.329 e. The van der Waals surface area contributed by atoms with E-state index < -0.39 is 0 Å². The van der Waals surface area contributed by atoms with Crippen molar-refractivity contribution in [2.45, 2.75) is 6.42 Å². The fourth-order valence-electron chi connectivity index (χ4n) is 2.29. The summed E-state index contributed by atoms with van der Waals surface area (Å²) in [7, 11) is 1.70. The highest BCUT2D eigenvalue weighted by atomic mass is 35.5. The standard InChI is InChI=1S/C14H13ClN4O/c1-18-12-10(9-16-13(15)17-12)7-8-19(14(18)20)11-5-3-2-4-6-11/h2-6,9H,7-8H2,1H3. The topological polar surface area (TPSA) is 49.3 Å². The van der Waals surface area contributed by atoms with E-state index in [1.54, 1.807) is 18.1 Å². The summed E-state index contributed by atoms with van der Waals surface area (Å²) in [5, 5.41) is 0.150. The second-order valence-electron chi connectivity index (χ2n) is 4.57. The number of anilines is 2. The predicted molar refractivity (Wildman–Crippen MR) is 78.3 cm³/mol. The van der Waals surface area contributed by atoms with Crippen molar-refractivity contribution in [3.63, 3.8) is 0 Å². The molecule has 0 saturated carbocycles. The van der Waals surface area contributed by atoms with Crippen molar-refractivity contribution < 1.29 is 4.79 Å². The lowest BCUT2D eigenvalue weighted by Gasteiger charge is -2.24. The number of aromatic nitrogens is 2. The van der Waals surface area contributed by atoms with E-state index in [1.165, 1.54) is 4.90 Å². The van der Waals surface area contributed by atoms with Crippen molar-refractivity contribution in [2.75, 3.05) is 23.4 Å². The number of benzene rings is 1. The van der Waals surface area contributed by atoms with Gasteiger partial charge in [-0.25, -0.2) is 9.78 Å². The molecule has 3 rings (SSSR count). The quantitative estimate of drug-likeness (QED) is 0.758. The summed E-state index contributed by atoms with van der Waals surface area (Å²) in [6, 6.07) is 9.47. The molecule has 1 aromatic carbocycles. The van der Waals surface area contributed by atoms with Gasteiger partial charge in [-0.2, -0.15) is 4.98 Å². The average Bonchev–Trinajstić information content (AvgIpc) is 2.59. The highest BCUT2D eigenvalue weighted by molar-refractivity contribution is 6.28. The van der Waals surface area contributed by atoms with E-state index in [0.29, 0.717) is 18.8 Å².